The van der Waals surface area contributed by atoms with Crippen molar-refractivity contribution in [1.82, 2.24) is 9.97 Å². The Balaban J connectivity index is 0.000000491. The lowest BCUT2D eigenvalue weighted by molar-refractivity contribution is -0.134. The number of benzene rings is 1. The van der Waals surface area contributed by atoms with E-state index in [1.807, 2.05) is 0 Å². The number of nitrogens with zero attached hydrogens (tertiary/aromatic N) is 2. The third-order valence-corrected chi connectivity index (χ3v) is 3.33. The molecule has 0 spiro atoms. The molecule has 0 amide bonds. The number of aromatic nitrogens is 2. The smallest absolute Gasteiger partial charge is 0.300 e. The first-order chi connectivity index (χ1) is 9.81. The van der Waals surface area contributed by atoms with Gasteiger partial charge in [0.15, 0.2) is 0 Å². The van der Waals surface area contributed by atoms with Gasteiger partial charge in [-0.25, -0.2) is 23.1 Å². The molecule has 2 rings (SSSR count). The van der Waals surface area contributed by atoms with Gasteiger partial charge in [-0.05, 0) is 30.3 Å². The first kappa shape index (κ1) is 16.4. The monoisotopic (exact) mass is 310 g/mol. The number of hydrogen-bond acceptors (Lipinski definition) is 6. The maximum atomic E-state index is 11.9. The van der Waals surface area contributed by atoms with Crippen LogP contribution in [0.2, 0.25) is 0 Å². The summed E-state index contributed by atoms with van der Waals surface area (Å²) in [6, 6.07) is 7.46. The Hall–Kier alpha value is -2.68. The van der Waals surface area contributed by atoms with Gasteiger partial charge in [0.2, 0.25) is 5.95 Å². The Bertz CT molecular complexity index is 683. The molecule has 9 heteroatoms. The van der Waals surface area contributed by atoms with Crippen molar-refractivity contribution in [2.75, 3.05) is 10.5 Å². The van der Waals surface area contributed by atoms with Crippen molar-refractivity contribution in [2.45, 2.75) is 11.8 Å². The maximum Gasteiger partial charge on any atom is 0.300 e. The van der Waals surface area contributed by atoms with Gasteiger partial charge in [-0.1, -0.05) is 0 Å². The lowest BCUT2D eigenvalue weighted by atomic mass is 10.3. The van der Waals surface area contributed by atoms with E-state index in [-0.39, 0.29) is 10.8 Å². The lowest BCUT2D eigenvalue weighted by Gasteiger charge is -2.05. The number of rotatable bonds is 3. The molecular weight excluding hydrogens is 296 g/mol. The number of aliphatic carboxylic acids is 1. The summed E-state index contributed by atoms with van der Waals surface area (Å²) < 4.78 is 26.0. The summed E-state index contributed by atoms with van der Waals surface area (Å²) in [5.41, 5.74) is 5.98. The number of nitrogens with one attached hydrogen (secondary N) is 1. The molecule has 1 heterocycles. The zero-order valence-corrected chi connectivity index (χ0v) is 11.9. The van der Waals surface area contributed by atoms with Crippen LogP contribution in [0.3, 0.4) is 0 Å². The van der Waals surface area contributed by atoms with Crippen LogP contribution in [0.5, 0.6) is 0 Å². The molecule has 0 aliphatic carbocycles. The second-order valence-corrected chi connectivity index (χ2v) is 5.45. The zero-order valence-electron chi connectivity index (χ0n) is 11.1. The van der Waals surface area contributed by atoms with Gasteiger partial charge >= 0.3 is 0 Å². The Labute approximate surface area is 121 Å². The molecule has 4 N–H and O–H groups in total. The number of carboxylic acids is 1. The minimum atomic E-state index is -3.66. The van der Waals surface area contributed by atoms with E-state index in [2.05, 4.69) is 14.7 Å². The van der Waals surface area contributed by atoms with E-state index in [9.17, 15) is 8.42 Å². The third kappa shape index (κ3) is 5.87. The molecule has 0 radical (unpaired) electrons. The molecule has 0 saturated heterocycles. The highest BCUT2D eigenvalue weighted by atomic mass is 32.2. The topological polar surface area (TPSA) is 135 Å². The van der Waals surface area contributed by atoms with E-state index in [0.29, 0.717) is 5.69 Å². The molecule has 21 heavy (non-hydrogen) atoms. The van der Waals surface area contributed by atoms with Crippen molar-refractivity contribution in [3.8, 4) is 0 Å². The lowest BCUT2D eigenvalue weighted by Crippen LogP contribution is -2.14. The molecule has 1 aromatic carbocycles. The number of nitrogen functional groups attached to an aromatic ring is 1. The predicted octanol–water partition coefficient (Wildman–Crippen LogP) is 0.950. The van der Waals surface area contributed by atoms with Crippen molar-refractivity contribution in [3.05, 3.63) is 42.7 Å². The van der Waals surface area contributed by atoms with Crippen molar-refractivity contribution in [3.63, 3.8) is 0 Å². The van der Waals surface area contributed by atoms with Crippen molar-refractivity contribution in [2.24, 2.45) is 0 Å². The number of anilines is 2. The van der Waals surface area contributed by atoms with Gasteiger partial charge in [-0.2, -0.15) is 0 Å². The molecule has 0 aliphatic heterocycles. The van der Waals surface area contributed by atoms with Gasteiger partial charge in [0.25, 0.3) is 16.0 Å². The molecule has 0 aliphatic rings. The van der Waals surface area contributed by atoms with Crippen LogP contribution < -0.4 is 10.5 Å². The Morgan fingerprint density at radius 3 is 2.14 bits per heavy atom. The first-order valence-electron chi connectivity index (χ1n) is 5.66. The summed E-state index contributed by atoms with van der Waals surface area (Å²) >= 11 is 0. The summed E-state index contributed by atoms with van der Waals surface area (Å²) in [4.78, 5) is 16.7. The number of carbonyl (C=O) groups is 1. The van der Waals surface area contributed by atoms with E-state index in [1.165, 1.54) is 36.7 Å². The number of hydrogen-bond donors (Lipinski definition) is 3. The van der Waals surface area contributed by atoms with E-state index >= 15 is 0 Å². The first-order valence-corrected chi connectivity index (χ1v) is 7.14. The Kier molecular flexibility index (Phi) is 5.61. The van der Waals surface area contributed by atoms with E-state index in [4.69, 9.17) is 15.6 Å². The van der Waals surface area contributed by atoms with Gasteiger partial charge in [0.1, 0.15) is 0 Å². The number of nitrogens with two attached hydrogens (primary N) is 1. The molecule has 0 saturated carbocycles. The largest absolute Gasteiger partial charge is 0.481 e. The van der Waals surface area contributed by atoms with Crippen LogP contribution in [0.1, 0.15) is 6.92 Å². The van der Waals surface area contributed by atoms with Gasteiger partial charge in [0, 0.05) is 25.0 Å². The minimum absolute atomic E-state index is 0.0318. The fourth-order valence-corrected chi connectivity index (χ4v) is 2.14. The maximum absolute atomic E-state index is 11.9. The SMILES string of the molecule is CC(=O)O.Nc1ccc(S(=O)(=O)Nc2ncccn2)cc1. The number of sulfonamides is 1. The molecular formula is C12H14N4O4S. The molecule has 0 bridgehead atoms. The van der Waals surface area contributed by atoms with Gasteiger partial charge in [-0.15, -0.1) is 0 Å². The predicted molar refractivity (Wildman–Crippen MR) is 77.0 cm³/mol. The van der Waals surface area contributed by atoms with Crippen molar-refractivity contribution in [1.29, 1.82) is 0 Å². The average molecular weight is 310 g/mol. The molecule has 0 fully saturated rings. The normalized spacial score (nSPS) is 10.1. The summed E-state index contributed by atoms with van der Waals surface area (Å²) in [5, 5.41) is 7.42. The van der Waals surface area contributed by atoms with Crippen LogP contribution in [0.25, 0.3) is 0 Å². The zero-order chi connectivity index (χ0) is 15.9. The molecule has 0 atom stereocenters. The van der Waals surface area contributed by atoms with Crippen molar-refractivity contribution >= 4 is 27.6 Å². The summed E-state index contributed by atoms with van der Waals surface area (Å²) in [7, 11) is -3.66. The number of carboxylic acid groups (broad SMARTS) is 1. The Morgan fingerprint density at radius 1 is 1.19 bits per heavy atom. The average Bonchev–Trinajstić information content (AvgIpc) is 2.39. The Morgan fingerprint density at radius 2 is 1.67 bits per heavy atom. The van der Waals surface area contributed by atoms with E-state index in [0.717, 1.165) is 6.92 Å². The highest BCUT2D eigenvalue weighted by Gasteiger charge is 2.14. The fraction of sp³-hybridized carbons (Fsp3) is 0.0833. The van der Waals surface area contributed by atoms with Crippen LogP contribution in [-0.2, 0) is 14.8 Å². The minimum Gasteiger partial charge on any atom is -0.481 e. The second-order valence-electron chi connectivity index (χ2n) is 3.77. The summed E-state index contributed by atoms with van der Waals surface area (Å²) in [5.74, 6) is -0.802. The third-order valence-electron chi connectivity index (χ3n) is 1.98. The van der Waals surface area contributed by atoms with Crippen LogP contribution in [0.15, 0.2) is 47.6 Å². The van der Waals surface area contributed by atoms with Crippen LogP contribution >= 0.6 is 0 Å². The van der Waals surface area contributed by atoms with Gasteiger partial charge in [-0.3, -0.25) is 4.79 Å². The van der Waals surface area contributed by atoms with Crippen LogP contribution in [-0.4, -0.2) is 29.5 Å². The van der Waals surface area contributed by atoms with Crippen molar-refractivity contribution < 1.29 is 18.3 Å². The highest BCUT2D eigenvalue weighted by molar-refractivity contribution is 7.92. The highest BCUT2D eigenvalue weighted by Crippen LogP contribution is 2.14. The molecule has 8 nitrogen and oxygen atoms in total. The quantitative estimate of drug-likeness (QED) is 0.718. The molecule has 1 aromatic heterocycles. The van der Waals surface area contributed by atoms with Crippen LogP contribution in [0.4, 0.5) is 11.6 Å². The standard InChI is InChI=1S/C10H10N4O2S.C2H4O2/c11-8-2-4-9(5-3-8)17(15,16)14-10-12-6-1-7-13-10;1-2(3)4/h1-7H,11H2,(H,12,13,14);1H3,(H,3,4). The second kappa shape index (κ2) is 7.20. The van der Waals surface area contributed by atoms with Gasteiger partial charge in [0.05, 0.1) is 4.90 Å². The molecule has 0 unspecified atom stereocenters. The summed E-state index contributed by atoms with van der Waals surface area (Å²) in [6.45, 7) is 1.08. The van der Waals surface area contributed by atoms with Gasteiger partial charge < -0.3 is 10.8 Å². The summed E-state index contributed by atoms with van der Waals surface area (Å²) in [6.07, 6.45) is 2.90. The molecule has 112 valence electrons. The van der Waals surface area contributed by atoms with E-state index in [1.54, 1.807) is 6.07 Å². The molecule has 2 aromatic rings. The van der Waals surface area contributed by atoms with Crippen LogP contribution in [0, 0.1) is 0 Å². The fourth-order valence-electron chi connectivity index (χ4n) is 1.18. The van der Waals surface area contributed by atoms with E-state index < -0.39 is 16.0 Å².